The minimum absolute atomic E-state index is 0.306. The third-order valence-corrected chi connectivity index (χ3v) is 2.94. The van der Waals surface area contributed by atoms with E-state index >= 15 is 0 Å². The van der Waals surface area contributed by atoms with Crippen LogP contribution in [0.5, 0.6) is 0 Å². The first-order chi connectivity index (χ1) is 5.49. The molecule has 1 N–H and O–H groups in total. The Morgan fingerprint density at radius 2 is 1.92 bits per heavy atom. The smallest absolute Gasteiger partial charge is 0.0696 e. The number of hydrogen-bond donors (Lipinski definition) is 1. The molecule has 72 valence electrons. The van der Waals surface area contributed by atoms with Crippen molar-refractivity contribution in [2.75, 3.05) is 0 Å². The zero-order valence-electron chi connectivity index (χ0n) is 8.80. The summed E-state index contributed by atoms with van der Waals surface area (Å²) in [7, 11) is 0. The van der Waals surface area contributed by atoms with Crippen LogP contribution in [0, 0.1) is 11.8 Å². The van der Waals surface area contributed by atoms with E-state index in [0.717, 1.165) is 12.8 Å². The predicted octanol–water partition coefficient (Wildman–Crippen LogP) is 3.00. The monoisotopic (exact) mass is 170 g/mol. The highest BCUT2D eigenvalue weighted by Gasteiger charge is 2.34. The van der Waals surface area contributed by atoms with E-state index in [1.54, 1.807) is 0 Å². The van der Waals surface area contributed by atoms with Crippen LogP contribution in [0.3, 0.4) is 0 Å². The summed E-state index contributed by atoms with van der Waals surface area (Å²) in [5.41, 5.74) is -0.520. The Hall–Kier alpha value is -0.300. The molecule has 0 heterocycles. The van der Waals surface area contributed by atoms with Gasteiger partial charge in [-0.1, -0.05) is 33.8 Å². The van der Waals surface area contributed by atoms with Gasteiger partial charge in [-0.05, 0) is 24.7 Å². The van der Waals surface area contributed by atoms with Gasteiger partial charge in [0.1, 0.15) is 0 Å². The zero-order valence-corrected chi connectivity index (χ0v) is 8.80. The molecule has 0 amide bonds. The van der Waals surface area contributed by atoms with E-state index in [-0.39, 0.29) is 0 Å². The third-order valence-electron chi connectivity index (χ3n) is 2.94. The van der Waals surface area contributed by atoms with Crippen LogP contribution in [0.4, 0.5) is 0 Å². The molecule has 0 bridgehead atoms. The van der Waals surface area contributed by atoms with E-state index in [4.69, 9.17) is 0 Å². The SMILES string of the molecule is C=CCC(C)[C@](O)(CC)C(C)C. The first kappa shape index (κ1) is 11.7. The molecule has 0 saturated carbocycles. The molecule has 0 radical (unpaired) electrons. The van der Waals surface area contributed by atoms with Crippen LogP contribution in [0.15, 0.2) is 12.7 Å². The molecule has 1 nitrogen and oxygen atoms in total. The van der Waals surface area contributed by atoms with Gasteiger partial charge in [0.15, 0.2) is 0 Å². The summed E-state index contributed by atoms with van der Waals surface area (Å²) in [6.45, 7) is 12.0. The van der Waals surface area contributed by atoms with Crippen molar-refractivity contribution in [2.45, 2.75) is 46.1 Å². The molecule has 0 fully saturated rings. The molecule has 0 aromatic heterocycles. The fraction of sp³-hybridized carbons (Fsp3) is 0.818. The summed E-state index contributed by atoms with van der Waals surface area (Å²) in [4.78, 5) is 0. The highest BCUT2D eigenvalue weighted by atomic mass is 16.3. The van der Waals surface area contributed by atoms with E-state index in [9.17, 15) is 5.11 Å². The van der Waals surface area contributed by atoms with Gasteiger partial charge in [0.05, 0.1) is 5.60 Å². The summed E-state index contributed by atoms with van der Waals surface area (Å²) in [5, 5.41) is 10.2. The first-order valence-electron chi connectivity index (χ1n) is 4.82. The average molecular weight is 170 g/mol. The summed E-state index contributed by atoms with van der Waals surface area (Å²) in [6.07, 6.45) is 3.59. The Bertz CT molecular complexity index is 140. The average Bonchev–Trinajstić information content (AvgIpc) is 2.03. The second-order valence-corrected chi connectivity index (χ2v) is 3.92. The van der Waals surface area contributed by atoms with Gasteiger partial charge in [-0.2, -0.15) is 0 Å². The van der Waals surface area contributed by atoms with Crippen LogP contribution in [-0.2, 0) is 0 Å². The molecule has 2 atom stereocenters. The lowest BCUT2D eigenvalue weighted by molar-refractivity contribution is -0.0548. The van der Waals surface area contributed by atoms with E-state index in [0.29, 0.717) is 11.8 Å². The van der Waals surface area contributed by atoms with Gasteiger partial charge in [-0.3, -0.25) is 0 Å². The van der Waals surface area contributed by atoms with Crippen LogP contribution >= 0.6 is 0 Å². The number of allylic oxidation sites excluding steroid dienone is 1. The molecule has 0 aliphatic heterocycles. The van der Waals surface area contributed by atoms with Gasteiger partial charge in [-0.15, -0.1) is 6.58 Å². The van der Waals surface area contributed by atoms with Gasteiger partial charge in [0, 0.05) is 0 Å². The van der Waals surface area contributed by atoms with E-state index < -0.39 is 5.60 Å². The lowest BCUT2D eigenvalue weighted by Gasteiger charge is -2.36. The predicted molar refractivity (Wildman–Crippen MR) is 54.1 cm³/mol. The highest BCUT2D eigenvalue weighted by molar-refractivity contribution is 4.89. The Balaban J connectivity index is 4.38. The molecule has 0 aliphatic carbocycles. The largest absolute Gasteiger partial charge is 0.389 e. The Labute approximate surface area is 76.5 Å². The van der Waals surface area contributed by atoms with Gasteiger partial charge in [0.25, 0.3) is 0 Å². The Morgan fingerprint density at radius 1 is 1.42 bits per heavy atom. The molecular weight excluding hydrogens is 148 g/mol. The molecule has 0 saturated heterocycles. The van der Waals surface area contributed by atoms with E-state index in [1.165, 1.54) is 0 Å². The topological polar surface area (TPSA) is 20.2 Å². The fourth-order valence-electron chi connectivity index (χ4n) is 1.78. The third kappa shape index (κ3) is 2.34. The van der Waals surface area contributed by atoms with E-state index in [1.807, 2.05) is 13.0 Å². The molecule has 1 unspecified atom stereocenters. The fourth-order valence-corrected chi connectivity index (χ4v) is 1.78. The van der Waals surface area contributed by atoms with Gasteiger partial charge < -0.3 is 5.11 Å². The molecule has 0 aromatic rings. The van der Waals surface area contributed by atoms with Crippen molar-refractivity contribution in [2.24, 2.45) is 11.8 Å². The zero-order chi connectivity index (χ0) is 9.78. The van der Waals surface area contributed by atoms with E-state index in [2.05, 4.69) is 27.4 Å². The first-order valence-corrected chi connectivity index (χ1v) is 4.82. The molecule has 0 aliphatic rings. The highest BCUT2D eigenvalue weighted by Crippen LogP contribution is 2.31. The van der Waals surface area contributed by atoms with Gasteiger partial charge >= 0.3 is 0 Å². The van der Waals surface area contributed by atoms with Crippen molar-refractivity contribution in [1.82, 2.24) is 0 Å². The summed E-state index contributed by atoms with van der Waals surface area (Å²) < 4.78 is 0. The summed E-state index contributed by atoms with van der Waals surface area (Å²) in [6, 6.07) is 0. The standard InChI is InChI=1S/C11H22O/c1-6-8-10(5)11(12,7-2)9(3)4/h6,9-10,12H,1,7-8H2,2-5H3/t10?,11-/m0/s1. The minimum Gasteiger partial charge on any atom is -0.389 e. The maximum absolute atomic E-state index is 10.2. The van der Waals surface area contributed by atoms with Crippen LogP contribution in [0.1, 0.15) is 40.5 Å². The van der Waals surface area contributed by atoms with Crippen LogP contribution in [0.2, 0.25) is 0 Å². The maximum atomic E-state index is 10.2. The van der Waals surface area contributed by atoms with Crippen molar-refractivity contribution in [3.05, 3.63) is 12.7 Å². The summed E-state index contributed by atoms with van der Waals surface area (Å²) in [5.74, 6) is 0.623. The molecule has 0 rings (SSSR count). The molecule has 1 heteroatoms. The molecule has 12 heavy (non-hydrogen) atoms. The van der Waals surface area contributed by atoms with Crippen LogP contribution in [0.25, 0.3) is 0 Å². The number of rotatable bonds is 5. The van der Waals surface area contributed by atoms with Crippen molar-refractivity contribution >= 4 is 0 Å². The van der Waals surface area contributed by atoms with Crippen molar-refractivity contribution in [3.63, 3.8) is 0 Å². The Kier molecular flexibility index (Phi) is 4.54. The molecule has 0 spiro atoms. The van der Waals surface area contributed by atoms with Crippen molar-refractivity contribution < 1.29 is 5.11 Å². The summed E-state index contributed by atoms with van der Waals surface area (Å²) >= 11 is 0. The Morgan fingerprint density at radius 3 is 2.17 bits per heavy atom. The quantitative estimate of drug-likeness (QED) is 0.629. The normalized spacial score (nSPS) is 18.8. The number of hydrogen-bond acceptors (Lipinski definition) is 1. The second-order valence-electron chi connectivity index (χ2n) is 3.92. The van der Waals surface area contributed by atoms with Crippen LogP contribution < -0.4 is 0 Å². The lowest BCUT2D eigenvalue weighted by Crippen LogP contribution is -2.40. The van der Waals surface area contributed by atoms with Gasteiger partial charge in [0.2, 0.25) is 0 Å². The number of aliphatic hydroxyl groups is 1. The van der Waals surface area contributed by atoms with Gasteiger partial charge in [-0.25, -0.2) is 0 Å². The van der Waals surface area contributed by atoms with Crippen LogP contribution in [-0.4, -0.2) is 10.7 Å². The maximum Gasteiger partial charge on any atom is 0.0696 e. The minimum atomic E-state index is -0.520. The van der Waals surface area contributed by atoms with Crippen molar-refractivity contribution in [1.29, 1.82) is 0 Å². The lowest BCUT2D eigenvalue weighted by atomic mass is 9.76. The molecular formula is C11H22O. The second kappa shape index (κ2) is 4.66. The van der Waals surface area contributed by atoms with Crippen molar-refractivity contribution in [3.8, 4) is 0 Å². The molecule has 0 aromatic carbocycles.